The molecular weight excluding hydrogens is 248 g/mol. The van der Waals surface area contributed by atoms with E-state index in [1.807, 2.05) is 0 Å². The molecule has 6 heteroatoms. The van der Waals surface area contributed by atoms with Crippen LogP contribution in [0.2, 0.25) is 0 Å². The average Bonchev–Trinajstić information content (AvgIpc) is 0.811. The number of carbonyl (C=O) groups excluding carboxylic acids is 1. The van der Waals surface area contributed by atoms with Crippen molar-refractivity contribution in [1.29, 1.82) is 0 Å². The Kier molecular flexibility index (Phi) is 57.2. The van der Waals surface area contributed by atoms with E-state index >= 15 is 0 Å². The largest absolute Gasteiger partial charge is 2.00 e. The Hall–Kier alpha value is 0.715. The van der Waals surface area contributed by atoms with Crippen LogP contribution in [0.15, 0.2) is 0 Å². The van der Waals surface area contributed by atoms with Gasteiger partial charge in [-0.25, -0.2) is 0 Å². The number of quaternary nitrogens is 1. The Labute approximate surface area is 74.9 Å². The summed E-state index contributed by atoms with van der Waals surface area (Å²) in [6, 6.07) is 0. The molecule has 0 saturated heterocycles. The second-order valence-corrected chi connectivity index (χ2v) is 0.250. The minimum Gasteiger partial charge on any atom is -1.00 e. The predicted molar refractivity (Wildman–Crippen MR) is 11.4 cm³/mol. The zero-order valence-electron chi connectivity index (χ0n) is 3.68. The summed E-state index contributed by atoms with van der Waals surface area (Å²) in [5, 5.41) is 16.7. The molecule has 0 aromatic rings. The van der Waals surface area contributed by atoms with E-state index in [0.717, 1.165) is 0 Å². The third-order valence-electron chi connectivity index (χ3n) is 0. The molecule has 0 unspecified atom stereocenters. The van der Waals surface area contributed by atoms with E-state index in [1.165, 1.54) is 0 Å². The molecule has 0 rings (SSSR count). The molecule has 0 aliphatic carbocycles. The number of hydrogen-bond acceptors (Lipinski definition) is 3. The summed E-state index contributed by atoms with van der Waals surface area (Å²) in [5.41, 5.74) is 0. The zero-order valence-corrected chi connectivity index (χ0v) is 8.06. The maximum atomic E-state index is 8.33. The number of carboxylic acid groups (broad SMARTS) is 2. The molecule has 0 aliphatic heterocycles. The van der Waals surface area contributed by atoms with E-state index in [9.17, 15) is 0 Å². The van der Waals surface area contributed by atoms with Gasteiger partial charge in [0.1, 0.15) is 0 Å². The molecule has 0 amide bonds. The van der Waals surface area contributed by atoms with Gasteiger partial charge in [-0.2, -0.15) is 0 Å². The van der Waals surface area contributed by atoms with E-state index in [1.54, 1.807) is 0 Å². The summed E-state index contributed by atoms with van der Waals surface area (Å²) in [6.07, 6.45) is -2.33. The number of hydrogen-bond donors (Lipinski definition) is 1. The molecule has 4 nitrogen and oxygen atoms in total. The monoisotopic (exact) mass is 252 g/mol. The summed E-state index contributed by atoms with van der Waals surface area (Å²) in [6.45, 7) is 0. The van der Waals surface area contributed by atoms with Gasteiger partial charge >= 0.3 is 35.6 Å². The summed E-state index contributed by atoms with van der Waals surface area (Å²) >= 11 is 0. The molecule has 0 aromatic heterocycles. The molecule has 0 saturated carbocycles. The van der Waals surface area contributed by atoms with E-state index in [4.69, 9.17) is 15.0 Å². The van der Waals surface area contributed by atoms with Crippen LogP contribution in [0.3, 0.4) is 0 Å². The van der Waals surface area contributed by atoms with Gasteiger partial charge in [0.2, 0.25) is 0 Å². The maximum Gasteiger partial charge on any atom is 2.00 e. The first kappa shape index (κ1) is 25.2. The molecule has 1 radical (unpaired) electrons. The molecule has 0 heterocycles. The summed E-state index contributed by atoms with van der Waals surface area (Å²) in [7, 11) is 0. The van der Waals surface area contributed by atoms with Gasteiger partial charge in [0.05, 0.1) is 0 Å². The summed E-state index contributed by atoms with van der Waals surface area (Å²) in [5.74, 6) is 0. The normalized spacial score (nSPS) is 3.43. The van der Waals surface area contributed by atoms with Crippen LogP contribution in [0.25, 0.3) is 0 Å². The van der Waals surface area contributed by atoms with Crippen LogP contribution >= 0.6 is 0 Å². The van der Waals surface area contributed by atoms with Crippen molar-refractivity contribution in [3.63, 3.8) is 0 Å². The second kappa shape index (κ2) is 15.9. The molecule has 0 bridgehead atoms. The van der Waals surface area contributed by atoms with Crippen LogP contribution in [0, 0.1) is 35.6 Å². The fourth-order valence-electron chi connectivity index (χ4n) is 0. The van der Waals surface area contributed by atoms with Gasteiger partial charge in [-0.05, 0) is 6.16 Å². The Morgan fingerprint density at radius 3 is 1.29 bits per heavy atom. The van der Waals surface area contributed by atoms with Crippen molar-refractivity contribution in [3.05, 3.63) is 0 Å². The Morgan fingerprint density at radius 1 is 1.29 bits per heavy atom. The van der Waals surface area contributed by atoms with E-state index in [2.05, 4.69) is 0 Å². The average molecular weight is 252 g/mol. The van der Waals surface area contributed by atoms with Crippen LogP contribution in [0.4, 0.5) is 4.79 Å². The first-order valence-corrected chi connectivity index (χ1v) is 0.612. The van der Waals surface area contributed by atoms with Gasteiger partial charge in [0.25, 0.3) is 0 Å². The van der Waals surface area contributed by atoms with Crippen LogP contribution in [-0.4, -0.2) is 6.16 Å². The number of carbonyl (C=O) groups is 1. The van der Waals surface area contributed by atoms with Gasteiger partial charge in [-0.15, -0.1) is 0 Å². The molecule has 0 aromatic carbocycles. The number of halogens is 1. The molecule has 0 fully saturated rings. The van der Waals surface area contributed by atoms with E-state index in [-0.39, 0.29) is 54.2 Å². The molecule has 0 aliphatic rings. The molecule has 0 spiro atoms. The van der Waals surface area contributed by atoms with Crippen LogP contribution < -0.4 is 28.8 Å². The van der Waals surface area contributed by atoms with Crippen LogP contribution in [-0.2, 0) is 0 Å². The second-order valence-electron chi connectivity index (χ2n) is 0.250. The molecular formula is CH4ClLaNO3. The van der Waals surface area contributed by atoms with E-state index in [0.29, 0.717) is 0 Å². The number of rotatable bonds is 0. The van der Waals surface area contributed by atoms with E-state index < -0.39 is 6.16 Å². The SMILES string of the molecule is O=C([O-])[O-].[Cl-].[La+2].[NH4+]. The molecule has 0 atom stereocenters. The fourth-order valence-corrected chi connectivity index (χ4v) is 0. The van der Waals surface area contributed by atoms with Gasteiger partial charge < -0.3 is 33.6 Å². The predicted octanol–water partition coefficient (Wildman–Crippen LogP) is -5.07. The van der Waals surface area contributed by atoms with Crippen molar-refractivity contribution in [3.8, 4) is 0 Å². The van der Waals surface area contributed by atoms with Crippen LogP contribution in [0.1, 0.15) is 0 Å². The minimum atomic E-state index is -2.33. The molecule has 4 N–H and O–H groups in total. The van der Waals surface area contributed by atoms with Crippen LogP contribution in [0.5, 0.6) is 0 Å². The van der Waals surface area contributed by atoms with Crippen molar-refractivity contribution in [2.45, 2.75) is 0 Å². The minimum absolute atomic E-state index is 0. The first-order chi connectivity index (χ1) is 1.73. The third kappa shape index (κ3) is 292. The van der Waals surface area contributed by atoms with Crippen molar-refractivity contribution in [1.82, 2.24) is 6.15 Å². The smallest absolute Gasteiger partial charge is 1.00 e. The summed E-state index contributed by atoms with van der Waals surface area (Å²) < 4.78 is 0. The Morgan fingerprint density at radius 2 is 1.29 bits per heavy atom. The topological polar surface area (TPSA) is 99.7 Å². The fraction of sp³-hybridized carbons (Fsp3) is 0. The van der Waals surface area contributed by atoms with Crippen molar-refractivity contribution in [2.24, 2.45) is 0 Å². The summed E-state index contributed by atoms with van der Waals surface area (Å²) in [4.78, 5) is 8.33. The zero-order chi connectivity index (χ0) is 3.58. The first-order valence-electron chi connectivity index (χ1n) is 0.612. The quantitative estimate of drug-likeness (QED) is 0.467. The van der Waals surface area contributed by atoms with Gasteiger partial charge in [-0.3, -0.25) is 0 Å². The van der Waals surface area contributed by atoms with Crippen molar-refractivity contribution in [2.75, 3.05) is 0 Å². The van der Waals surface area contributed by atoms with Crippen molar-refractivity contribution >= 4 is 6.16 Å². The van der Waals surface area contributed by atoms with Crippen molar-refractivity contribution < 1.29 is 63.0 Å². The third-order valence-corrected chi connectivity index (χ3v) is 0. The standard InChI is InChI=1S/CH2O3.ClH.La.H3N/c2-1(3)4;;;/h(H2,2,3,4);1H;;1H3/q;;+2;/p-2. The van der Waals surface area contributed by atoms with Gasteiger partial charge in [0, 0.05) is 0 Å². The van der Waals surface area contributed by atoms with Gasteiger partial charge in [0.15, 0.2) is 0 Å². The Bertz CT molecular complexity index is 37.9. The molecule has 7 heavy (non-hydrogen) atoms. The maximum absolute atomic E-state index is 8.33. The molecule has 41 valence electrons. The van der Waals surface area contributed by atoms with Gasteiger partial charge in [-0.1, -0.05) is 0 Å². The Balaban J connectivity index is -0.0000000150.